The number of hydrogen-bond donors (Lipinski definition) is 0. The van der Waals surface area contributed by atoms with E-state index >= 15 is 0 Å². The fourth-order valence-corrected chi connectivity index (χ4v) is 3.64. The molecule has 0 radical (unpaired) electrons. The Bertz CT molecular complexity index is 1130. The van der Waals surface area contributed by atoms with Gasteiger partial charge in [-0.1, -0.05) is 0 Å². The van der Waals surface area contributed by atoms with Gasteiger partial charge in [0.05, 0.1) is 12.0 Å². The van der Waals surface area contributed by atoms with Crippen LogP contribution in [0.15, 0.2) is 64.0 Å². The van der Waals surface area contributed by atoms with Crippen molar-refractivity contribution in [3.63, 3.8) is 0 Å². The zero-order valence-corrected chi connectivity index (χ0v) is 17.4. The Morgan fingerprint density at radius 1 is 0.969 bits per heavy atom. The average Bonchev–Trinajstić information content (AvgIpc) is 3.35. The number of aromatic nitrogens is 2. The third-order valence-corrected chi connectivity index (χ3v) is 5.42. The summed E-state index contributed by atoms with van der Waals surface area (Å²) < 4.78 is 19.6. The van der Waals surface area contributed by atoms with Crippen LogP contribution in [0.3, 0.4) is 0 Å². The Kier molecular flexibility index (Phi) is 6.44. The standard InChI is InChI=1S/C23H23FN4O4/c24-18-7-5-17(6-8-18)19-9-10-22(30)28(25-19)11-1-4-21(29)26-12-14-27(15-13-26)23(31)20-3-2-16-32-20/h2-3,5-10,16H,1,4,11-15H2. The molecule has 3 aromatic rings. The lowest BCUT2D eigenvalue weighted by Crippen LogP contribution is -2.50. The van der Waals surface area contributed by atoms with Crippen molar-refractivity contribution in [3.8, 4) is 11.3 Å². The molecule has 0 unspecified atom stereocenters. The highest BCUT2D eigenvalue weighted by atomic mass is 19.1. The Morgan fingerprint density at radius 2 is 1.69 bits per heavy atom. The number of carbonyl (C=O) groups excluding carboxylic acids is 2. The van der Waals surface area contributed by atoms with Crippen LogP contribution in [0.5, 0.6) is 0 Å². The van der Waals surface area contributed by atoms with Crippen LogP contribution in [0.25, 0.3) is 11.3 Å². The summed E-state index contributed by atoms with van der Waals surface area (Å²) in [7, 11) is 0. The molecular formula is C23H23FN4O4. The lowest BCUT2D eigenvalue weighted by atomic mass is 10.1. The molecule has 0 saturated carbocycles. The molecule has 0 atom stereocenters. The second-order valence-corrected chi connectivity index (χ2v) is 7.54. The van der Waals surface area contributed by atoms with Gasteiger partial charge in [-0.05, 0) is 48.9 Å². The summed E-state index contributed by atoms with van der Waals surface area (Å²) >= 11 is 0. The van der Waals surface area contributed by atoms with Gasteiger partial charge in [-0.15, -0.1) is 0 Å². The molecule has 2 amide bonds. The number of piperazine rings is 1. The van der Waals surface area contributed by atoms with Gasteiger partial charge >= 0.3 is 0 Å². The van der Waals surface area contributed by atoms with Gasteiger partial charge < -0.3 is 14.2 Å². The molecule has 1 aliphatic rings. The number of halogens is 1. The molecule has 2 aromatic heterocycles. The van der Waals surface area contributed by atoms with E-state index in [1.165, 1.54) is 29.1 Å². The van der Waals surface area contributed by atoms with Crippen molar-refractivity contribution in [2.75, 3.05) is 26.2 Å². The van der Waals surface area contributed by atoms with E-state index in [4.69, 9.17) is 4.42 Å². The first-order valence-corrected chi connectivity index (χ1v) is 10.5. The highest BCUT2D eigenvalue weighted by Gasteiger charge is 2.25. The Morgan fingerprint density at radius 3 is 2.38 bits per heavy atom. The van der Waals surface area contributed by atoms with Crippen LogP contribution >= 0.6 is 0 Å². The Labute approximate surface area is 183 Å². The molecule has 3 heterocycles. The fraction of sp³-hybridized carbons (Fsp3) is 0.304. The van der Waals surface area contributed by atoms with Crippen LogP contribution < -0.4 is 5.56 Å². The van der Waals surface area contributed by atoms with Crippen molar-refractivity contribution >= 4 is 11.8 Å². The molecule has 0 bridgehead atoms. The van der Waals surface area contributed by atoms with Gasteiger partial charge in [0.15, 0.2) is 5.76 Å². The number of amides is 2. The van der Waals surface area contributed by atoms with E-state index in [-0.39, 0.29) is 29.6 Å². The van der Waals surface area contributed by atoms with Gasteiger partial charge in [0.1, 0.15) is 5.82 Å². The van der Waals surface area contributed by atoms with Gasteiger partial charge in [-0.3, -0.25) is 14.4 Å². The fourth-order valence-electron chi connectivity index (χ4n) is 3.64. The van der Waals surface area contributed by atoms with Crippen molar-refractivity contribution in [1.29, 1.82) is 0 Å². The summed E-state index contributed by atoms with van der Waals surface area (Å²) in [6.07, 6.45) is 2.20. The van der Waals surface area contributed by atoms with Crippen molar-refractivity contribution in [1.82, 2.24) is 19.6 Å². The second kappa shape index (κ2) is 9.59. The quantitative estimate of drug-likeness (QED) is 0.590. The first kappa shape index (κ1) is 21.5. The third kappa shape index (κ3) is 4.93. The van der Waals surface area contributed by atoms with Crippen molar-refractivity contribution in [2.45, 2.75) is 19.4 Å². The van der Waals surface area contributed by atoms with Crippen molar-refractivity contribution in [3.05, 3.63) is 76.7 Å². The number of furan rings is 1. The van der Waals surface area contributed by atoms with E-state index in [9.17, 15) is 18.8 Å². The molecule has 0 aliphatic carbocycles. The van der Waals surface area contributed by atoms with Crippen molar-refractivity contribution < 1.29 is 18.4 Å². The third-order valence-electron chi connectivity index (χ3n) is 5.42. The Balaban J connectivity index is 1.28. The highest BCUT2D eigenvalue weighted by molar-refractivity contribution is 5.91. The smallest absolute Gasteiger partial charge is 0.289 e. The van der Waals surface area contributed by atoms with Gasteiger partial charge in [-0.25, -0.2) is 9.07 Å². The summed E-state index contributed by atoms with van der Waals surface area (Å²) in [5.41, 5.74) is 1.01. The van der Waals surface area contributed by atoms with Crippen LogP contribution in [0.4, 0.5) is 4.39 Å². The SMILES string of the molecule is O=C(CCCn1nc(-c2ccc(F)cc2)ccc1=O)N1CCN(C(=O)c2ccco2)CC1. The molecule has 1 saturated heterocycles. The molecule has 166 valence electrons. The van der Waals surface area contributed by atoms with E-state index in [1.807, 2.05) is 0 Å². The minimum atomic E-state index is -0.341. The van der Waals surface area contributed by atoms with E-state index in [1.54, 1.807) is 40.1 Å². The molecule has 1 fully saturated rings. The molecule has 1 aromatic carbocycles. The Hall–Kier alpha value is -3.75. The maximum Gasteiger partial charge on any atom is 0.289 e. The second-order valence-electron chi connectivity index (χ2n) is 7.54. The summed E-state index contributed by atoms with van der Waals surface area (Å²) in [5, 5.41) is 4.34. The highest BCUT2D eigenvalue weighted by Crippen LogP contribution is 2.16. The summed E-state index contributed by atoms with van der Waals surface area (Å²) in [5.74, 6) is -0.233. The van der Waals surface area contributed by atoms with Crippen LogP contribution in [-0.4, -0.2) is 57.6 Å². The van der Waals surface area contributed by atoms with E-state index in [0.717, 1.165) is 0 Å². The number of rotatable bonds is 6. The molecule has 4 rings (SSSR count). The summed E-state index contributed by atoms with van der Waals surface area (Å²) in [6, 6.07) is 12.2. The van der Waals surface area contributed by atoms with E-state index in [0.29, 0.717) is 56.2 Å². The largest absolute Gasteiger partial charge is 0.459 e. The van der Waals surface area contributed by atoms with Crippen LogP contribution in [0.1, 0.15) is 23.4 Å². The number of carbonyl (C=O) groups is 2. The van der Waals surface area contributed by atoms with Gasteiger partial charge in [-0.2, -0.15) is 5.10 Å². The van der Waals surface area contributed by atoms with Gasteiger partial charge in [0.25, 0.3) is 11.5 Å². The first-order valence-electron chi connectivity index (χ1n) is 10.5. The number of nitrogens with zero attached hydrogens (tertiary/aromatic N) is 4. The van der Waals surface area contributed by atoms with Crippen LogP contribution in [0, 0.1) is 5.82 Å². The maximum absolute atomic E-state index is 13.1. The topological polar surface area (TPSA) is 88.7 Å². The summed E-state index contributed by atoms with van der Waals surface area (Å²) in [6.45, 7) is 2.13. The number of hydrogen-bond acceptors (Lipinski definition) is 5. The zero-order chi connectivity index (χ0) is 22.5. The lowest BCUT2D eigenvalue weighted by molar-refractivity contribution is -0.132. The maximum atomic E-state index is 13.1. The molecule has 8 nitrogen and oxygen atoms in total. The molecule has 0 spiro atoms. The van der Waals surface area contributed by atoms with Crippen molar-refractivity contribution in [2.24, 2.45) is 0 Å². The predicted molar refractivity (Wildman–Crippen MR) is 114 cm³/mol. The minimum Gasteiger partial charge on any atom is -0.459 e. The molecule has 32 heavy (non-hydrogen) atoms. The number of benzene rings is 1. The molecule has 9 heteroatoms. The predicted octanol–water partition coefficient (Wildman–Crippen LogP) is 2.41. The molecular weight excluding hydrogens is 415 g/mol. The normalized spacial score (nSPS) is 13.9. The van der Waals surface area contributed by atoms with Gasteiger partial charge in [0.2, 0.25) is 5.91 Å². The number of aryl methyl sites for hydroxylation is 1. The molecule has 1 aliphatic heterocycles. The average molecular weight is 438 g/mol. The van der Waals surface area contributed by atoms with Crippen LogP contribution in [0.2, 0.25) is 0 Å². The summed E-state index contributed by atoms with van der Waals surface area (Å²) in [4.78, 5) is 40.4. The monoisotopic (exact) mass is 438 g/mol. The first-order chi connectivity index (χ1) is 15.5. The zero-order valence-electron chi connectivity index (χ0n) is 17.4. The van der Waals surface area contributed by atoms with E-state index in [2.05, 4.69) is 5.10 Å². The minimum absolute atomic E-state index is 0.0159. The molecule has 0 N–H and O–H groups in total. The van der Waals surface area contributed by atoms with E-state index < -0.39 is 0 Å². The van der Waals surface area contributed by atoms with Gasteiger partial charge in [0, 0.05) is 50.8 Å². The van der Waals surface area contributed by atoms with Crippen LogP contribution in [-0.2, 0) is 11.3 Å². The lowest BCUT2D eigenvalue weighted by Gasteiger charge is -2.34.